The Balaban J connectivity index is 2.08. The number of nitro benzene ring substituents is 1. The highest BCUT2D eigenvalue weighted by Gasteiger charge is 2.31. The Morgan fingerprint density at radius 1 is 1.48 bits per heavy atom. The van der Waals surface area contributed by atoms with Crippen LogP contribution in [0.2, 0.25) is 0 Å². The van der Waals surface area contributed by atoms with Crippen LogP contribution in [0.15, 0.2) is 18.2 Å². The van der Waals surface area contributed by atoms with Crippen LogP contribution in [0.5, 0.6) is 5.75 Å². The molecule has 0 aliphatic heterocycles. The van der Waals surface area contributed by atoms with Crippen molar-refractivity contribution in [2.45, 2.75) is 31.3 Å². The van der Waals surface area contributed by atoms with Gasteiger partial charge in [0.25, 0.3) is 5.91 Å². The Hall–Kier alpha value is -2.15. The van der Waals surface area contributed by atoms with Gasteiger partial charge in [-0.2, -0.15) is 0 Å². The van der Waals surface area contributed by atoms with Gasteiger partial charge in [-0.25, -0.2) is 0 Å². The minimum Gasteiger partial charge on any atom is -0.490 e. The van der Waals surface area contributed by atoms with E-state index in [-0.39, 0.29) is 23.5 Å². The summed E-state index contributed by atoms with van der Waals surface area (Å²) in [5.41, 5.74) is -0.942. The van der Waals surface area contributed by atoms with E-state index < -0.39 is 16.4 Å². The second kappa shape index (κ2) is 6.09. The summed E-state index contributed by atoms with van der Waals surface area (Å²) in [6.07, 6.45) is 3.22. The highest BCUT2D eigenvalue weighted by atomic mass is 16.6. The van der Waals surface area contributed by atoms with Gasteiger partial charge in [-0.1, -0.05) is 12.8 Å². The first-order valence-electron chi connectivity index (χ1n) is 6.78. The summed E-state index contributed by atoms with van der Waals surface area (Å²) in [5, 5.41) is 23.7. The largest absolute Gasteiger partial charge is 0.490 e. The molecule has 1 aromatic rings. The number of carbonyl (C=O) groups excluding carboxylic acids is 1. The summed E-state index contributed by atoms with van der Waals surface area (Å²) in [6.45, 7) is 0.158. The van der Waals surface area contributed by atoms with E-state index in [2.05, 4.69) is 5.32 Å². The molecule has 1 aliphatic carbocycles. The van der Waals surface area contributed by atoms with Crippen molar-refractivity contribution >= 4 is 11.6 Å². The summed E-state index contributed by atoms with van der Waals surface area (Å²) in [6, 6.07) is 4.02. The lowest BCUT2D eigenvalue weighted by Gasteiger charge is -2.22. The molecule has 2 N–H and O–H groups in total. The summed E-state index contributed by atoms with van der Waals surface area (Å²) < 4.78 is 4.89. The number of benzene rings is 1. The number of rotatable bonds is 5. The predicted octanol–water partition coefficient (Wildman–Crippen LogP) is 1.64. The SMILES string of the molecule is COc1ccc(C(=O)NCC2(O)CCCC2)cc1[N+](=O)[O-]. The molecule has 21 heavy (non-hydrogen) atoms. The van der Waals surface area contributed by atoms with Crippen molar-refractivity contribution in [3.8, 4) is 5.75 Å². The Labute approximate surface area is 122 Å². The molecule has 0 radical (unpaired) electrons. The molecule has 0 atom stereocenters. The van der Waals surface area contributed by atoms with Crippen molar-refractivity contribution in [1.82, 2.24) is 5.32 Å². The molecular weight excluding hydrogens is 276 g/mol. The molecule has 0 aromatic heterocycles. The first-order chi connectivity index (χ1) is 9.95. The number of nitro groups is 1. The molecule has 1 aromatic carbocycles. The van der Waals surface area contributed by atoms with Gasteiger partial charge in [0.05, 0.1) is 17.6 Å². The molecule has 114 valence electrons. The molecule has 2 rings (SSSR count). The van der Waals surface area contributed by atoms with Gasteiger partial charge in [0.1, 0.15) is 0 Å². The molecule has 0 unspecified atom stereocenters. The van der Waals surface area contributed by atoms with Gasteiger partial charge in [0, 0.05) is 18.2 Å². The van der Waals surface area contributed by atoms with Crippen LogP contribution >= 0.6 is 0 Å². The zero-order valence-electron chi connectivity index (χ0n) is 11.8. The number of carbonyl (C=O) groups is 1. The number of ether oxygens (including phenoxy) is 1. The molecule has 0 saturated heterocycles. The number of hydrogen-bond acceptors (Lipinski definition) is 5. The topological polar surface area (TPSA) is 102 Å². The van der Waals surface area contributed by atoms with Gasteiger partial charge in [-0.3, -0.25) is 14.9 Å². The molecule has 0 bridgehead atoms. The van der Waals surface area contributed by atoms with Crippen molar-refractivity contribution < 1.29 is 19.6 Å². The highest BCUT2D eigenvalue weighted by molar-refractivity contribution is 5.95. The minimum atomic E-state index is -0.853. The average Bonchev–Trinajstić information content (AvgIpc) is 2.91. The summed E-state index contributed by atoms with van der Waals surface area (Å²) in [5.74, 6) is -0.341. The van der Waals surface area contributed by atoms with E-state index in [1.165, 1.54) is 25.3 Å². The molecule has 0 spiro atoms. The van der Waals surface area contributed by atoms with Gasteiger partial charge in [-0.05, 0) is 25.0 Å². The Morgan fingerprint density at radius 2 is 2.14 bits per heavy atom. The lowest BCUT2D eigenvalue weighted by atomic mass is 10.0. The van der Waals surface area contributed by atoms with Crippen LogP contribution in [-0.2, 0) is 0 Å². The molecule has 1 amide bonds. The van der Waals surface area contributed by atoms with Gasteiger partial charge >= 0.3 is 5.69 Å². The van der Waals surface area contributed by atoms with E-state index in [4.69, 9.17) is 4.74 Å². The normalized spacial score (nSPS) is 16.5. The average molecular weight is 294 g/mol. The minimum absolute atomic E-state index is 0.103. The first kappa shape index (κ1) is 15.2. The van der Waals surface area contributed by atoms with Crippen LogP contribution in [0, 0.1) is 10.1 Å². The van der Waals surface area contributed by atoms with Gasteiger partial charge in [0.2, 0.25) is 0 Å². The highest BCUT2D eigenvalue weighted by Crippen LogP contribution is 2.29. The third kappa shape index (κ3) is 3.49. The fraction of sp³-hybridized carbons (Fsp3) is 0.500. The summed E-state index contributed by atoms with van der Waals surface area (Å²) in [7, 11) is 1.33. The number of amides is 1. The second-order valence-corrected chi connectivity index (χ2v) is 5.26. The predicted molar refractivity (Wildman–Crippen MR) is 75.4 cm³/mol. The lowest BCUT2D eigenvalue weighted by molar-refractivity contribution is -0.385. The third-order valence-corrected chi connectivity index (χ3v) is 3.75. The molecule has 1 fully saturated rings. The first-order valence-corrected chi connectivity index (χ1v) is 6.78. The zero-order valence-corrected chi connectivity index (χ0v) is 11.8. The number of hydrogen-bond donors (Lipinski definition) is 2. The lowest BCUT2D eigenvalue weighted by Crippen LogP contribution is -2.40. The van der Waals surface area contributed by atoms with E-state index >= 15 is 0 Å². The second-order valence-electron chi connectivity index (χ2n) is 5.26. The molecule has 7 heteroatoms. The quantitative estimate of drug-likeness (QED) is 0.635. The monoisotopic (exact) mass is 294 g/mol. The Bertz CT molecular complexity index is 552. The maximum atomic E-state index is 12.0. The van der Waals surface area contributed by atoms with E-state index in [0.717, 1.165) is 12.8 Å². The van der Waals surface area contributed by atoms with Crippen LogP contribution in [-0.4, -0.2) is 35.2 Å². The van der Waals surface area contributed by atoms with Gasteiger partial charge < -0.3 is 15.2 Å². The fourth-order valence-corrected chi connectivity index (χ4v) is 2.53. The van der Waals surface area contributed by atoms with Crippen LogP contribution in [0.3, 0.4) is 0 Å². The third-order valence-electron chi connectivity index (χ3n) is 3.75. The molecule has 7 nitrogen and oxygen atoms in total. The maximum Gasteiger partial charge on any atom is 0.311 e. The zero-order chi connectivity index (χ0) is 15.5. The van der Waals surface area contributed by atoms with Crippen LogP contribution in [0.1, 0.15) is 36.0 Å². The van der Waals surface area contributed by atoms with Crippen LogP contribution in [0.25, 0.3) is 0 Å². The van der Waals surface area contributed by atoms with Crippen molar-refractivity contribution in [3.63, 3.8) is 0 Å². The summed E-state index contributed by atoms with van der Waals surface area (Å²) in [4.78, 5) is 22.4. The van der Waals surface area contributed by atoms with Crippen molar-refractivity contribution in [3.05, 3.63) is 33.9 Å². The molecule has 1 aliphatic rings. The molecule has 1 saturated carbocycles. The number of nitrogens with zero attached hydrogens (tertiary/aromatic N) is 1. The van der Waals surface area contributed by atoms with Crippen LogP contribution < -0.4 is 10.1 Å². The molecular formula is C14H18N2O5. The van der Waals surface area contributed by atoms with E-state index in [0.29, 0.717) is 12.8 Å². The van der Waals surface area contributed by atoms with Crippen molar-refractivity contribution in [2.75, 3.05) is 13.7 Å². The number of aliphatic hydroxyl groups is 1. The number of nitrogens with one attached hydrogen (secondary N) is 1. The van der Waals surface area contributed by atoms with E-state index in [1.807, 2.05) is 0 Å². The maximum absolute atomic E-state index is 12.0. The van der Waals surface area contributed by atoms with E-state index in [1.54, 1.807) is 0 Å². The Kier molecular flexibility index (Phi) is 4.42. The summed E-state index contributed by atoms with van der Waals surface area (Å²) >= 11 is 0. The van der Waals surface area contributed by atoms with Gasteiger partial charge in [-0.15, -0.1) is 0 Å². The van der Waals surface area contributed by atoms with E-state index in [9.17, 15) is 20.0 Å². The fourth-order valence-electron chi connectivity index (χ4n) is 2.53. The van der Waals surface area contributed by atoms with Crippen LogP contribution in [0.4, 0.5) is 5.69 Å². The number of methoxy groups -OCH3 is 1. The van der Waals surface area contributed by atoms with Crippen molar-refractivity contribution in [1.29, 1.82) is 0 Å². The van der Waals surface area contributed by atoms with Crippen molar-refractivity contribution in [2.24, 2.45) is 0 Å². The Morgan fingerprint density at radius 3 is 2.71 bits per heavy atom. The molecule has 0 heterocycles. The standard InChI is InChI=1S/C14H18N2O5/c1-21-12-5-4-10(8-11(12)16(19)20)13(17)15-9-14(18)6-2-3-7-14/h4-5,8,18H,2-3,6-7,9H2,1H3,(H,15,17). The van der Waals surface area contributed by atoms with Gasteiger partial charge in [0.15, 0.2) is 5.75 Å². The smallest absolute Gasteiger partial charge is 0.311 e.